The van der Waals surface area contributed by atoms with E-state index in [2.05, 4.69) is 4.57 Å². The number of hydrogen-bond acceptors (Lipinski definition) is 2. The van der Waals surface area contributed by atoms with Gasteiger partial charge in [-0.15, -0.1) is 0 Å². The molecule has 0 aliphatic rings. The van der Waals surface area contributed by atoms with Crippen LogP contribution in [0.25, 0.3) is 10.9 Å². The molecule has 0 amide bonds. The Morgan fingerprint density at radius 3 is 2.61 bits per heavy atom. The molecule has 0 saturated heterocycles. The number of hydrogen-bond donors (Lipinski definition) is 2. The molecular weight excluding hydrogens is 230 g/mol. The molecule has 2 aromatic rings. The van der Waals surface area contributed by atoms with Gasteiger partial charge in [-0.25, -0.2) is 4.79 Å². The van der Waals surface area contributed by atoms with Crippen LogP contribution < -0.4 is 0 Å². The fourth-order valence-electron chi connectivity index (χ4n) is 2.37. The summed E-state index contributed by atoms with van der Waals surface area (Å²) in [5.41, 5.74) is 3.40. The number of aryl methyl sites for hydroxylation is 3. The third-order valence-corrected chi connectivity index (χ3v) is 3.17. The van der Waals surface area contributed by atoms with Crippen molar-refractivity contribution in [1.29, 1.82) is 0 Å². The average Bonchev–Trinajstić information content (AvgIpc) is 2.64. The Morgan fingerprint density at radius 1 is 1.28 bits per heavy atom. The summed E-state index contributed by atoms with van der Waals surface area (Å²) in [6, 6.07) is 3.41. The molecule has 0 saturated carbocycles. The Bertz CT molecular complexity index is 599. The zero-order valence-electron chi connectivity index (χ0n) is 10.6. The second kappa shape index (κ2) is 4.82. The molecule has 96 valence electrons. The van der Waals surface area contributed by atoms with E-state index in [0.717, 1.165) is 28.6 Å². The predicted octanol–water partition coefficient (Wildman–Crippen LogP) is 2.34. The highest BCUT2D eigenvalue weighted by Gasteiger charge is 2.12. The van der Waals surface area contributed by atoms with Crippen molar-refractivity contribution in [1.82, 2.24) is 4.57 Å². The largest absolute Gasteiger partial charge is 0.478 e. The Hall–Kier alpha value is -1.81. The molecule has 4 nitrogen and oxygen atoms in total. The lowest BCUT2D eigenvalue weighted by Crippen LogP contribution is -2.01. The van der Waals surface area contributed by atoms with E-state index in [0.29, 0.717) is 12.0 Å². The van der Waals surface area contributed by atoms with Crippen LogP contribution in [0.2, 0.25) is 0 Å². The van der Waals surface area contributed by atoms with Crippen molar-refractivity contribution in [3.05, 3.63) is 35.0 Å². The highest BCUT2D eigenvalue weighted by molar-refractivity contribution is 5.96. The van der Waals surface area contributed by atoms with E-state index in [-0.39, 0.29) is 6.61 Å². The molecule has 0 spiro atoms. The molecule has 18 heavy (non-hydrogen) atoms. The van der Waals surface area contributed by atoms with Crippen LogP contribution >= 0.6 is 0 Å². The first-order valence-electron chi connectivity index (χ1n) is 5.99. The summed E-state index contributed by atoms with van der Waals surface area (Å²) < 4.78 is 2.09. The minimum absolute atomic E-state index is 0.158. The van der Waals surface area contributed by atoms with E-state index in [1.54, 1.807) is 12.1 Å². The summed E-state index contributed by atoms with van der Waals surface area (Å²) >= 11 is 0. The molecular formula is C14H17NO3. The van der Waals surface area contributed by atoms with Gasteiger partial charge in [0.15, 0.2) is 0 Å². The quantitative estimate of drug-likeness (QED) is 0.871. The normalized spacial score (nSPS) is 11.1. The number of rotatable bonds is 4. The molecule has 2 rings (SSSR count). The highest BCUT2D eigenvalue weighted by atomic mass is 16.4. The van der Waals surface area contributed by atoms with Crippen molar-refractivity contribution >= 4 is 16.9 Å². The number of carbonyl (C=O) groups is 1. The first-order chi connectivity index (χ1) is 8.54. The van der Waals surface area contributed by atoms with Crippen molar-refractivity contribution in [2.24, 2.45) is 0 Å². The van der Waals surface area contributed by atoms with Crippen LogP contribution in [0.1, 0.15) is 27.9 Å². The lowest BCUT2D eigenvalue weighted by molar-refractivity contribution is 0.0697. The van der Waals surface area contributed by atoms with Gasteiger partial charge >= 0.3 is 5.97 Å². The number of benzene rings is 1. The van der Waals surface area contributed by atoms with Crippen LogP contribution in [0.4, 0.5) is 0 Å². The fraction of sp³-hybridized carbons (Fsp3) is 0.357. The molecule has 1 aromatic heterocycles. The summed E-state index contributed by atoms with van der Waals surface area (Å²) in [4.78, 5) is 11.0. The Labute approximate surface area is 105 Å². The third-order valence-electron chi connectivity index (χ3n) is 3.17. The van der Waals surface area contributed by atoms with Crippen LogP contribution in [0.3, 0.4) is 0 Å². The van der Waals surface area contributed by atoms with E-state index in [4.69, 9.17) is 10.2 Å². The second-order valence-electron chi connectivity index (χ2n) is 4.58. The predicted molar refractivity (Wildman–Crippen MR) is 70.1 cm³/mol. The van der Waals surface area contributed by atoms with Gasteiger partial charge in [-0.05, 0) is 43.5 Å². The zero-order chi connectivity index (χ0) is 13.3. The van der Waals surface area contributed by atoms with Gasteiger partial charge < -0.3 is 14.8 Å². The zero-order valence-corrected chi connectivity index (χ0v) is 10.6. The maximum Gasteiger partial charge on any atom is 0.335 e. The van der Waals surface area contributed by atoms with Crippen LogP contribution in [0, 0.1) is 13.8 Å². The molecule has 0 aliphatic heterocycles. The van der Waals surface area contributed by atoms with Gasteiger partial charge in [0, 0.05) is 24.7 Å². The van der Waals surface area contributed by atoms with Gasteiger partial charge in [0.1, 0.15) is 0 Å². The molecule has 0 atom stereocenters. The average molecular weight is 247 g/mol. The number of aliphatic hydroxyl groups excluding tert-OH is 1. The number of carboxylic acid groups (broad SMARTS) is 1. The van der Waals surface area contributed by atoms with E-state index >= 15 is 0 Å². The third kappa shape index (κ3) is 2.11. The highest BCUT2D eigenvalue weighted by Crippen LogP contribution is 2.26. The minimum Gasteiger partial charge on any atom is -0.478 e. The monoisotopic (exact) mass is 247 g/mol. The standard InChI is InChI=1S/C14H17NO3/c1-9-6-11(14(17)18)7-12-10(2)8-15(13(9)12)4-3-5-16/h6-8,16H,3-5H2,1-2H3,(H,17,18). The molecule has 0 bridgehead atoms. The number of aliphatic hydroxyl groups is 1. The summed E-state index contributed by atoms with van der Waals surface area (Å²) in [5, 5.41) is 18.9. The molecule has 0 aliphatic carbocycles. The van der Waals surface area contributed by atoms with E-state index in [9.17, 15) is 4.79 Å². The number of nitrogens with zero attached hydrogens (tertiary/aromatic N) is 1. The Kier molecular flexibility index (Phi) is 3.39. The van der Waals surface area contributed by atoms with E-state index in [1.807, 2.05) is 20.0 Å². The first kappa shape index (κ1) is 12.6. The van der Waals surface area contributed by atoms with Crippen molar-refractivity contribution in [3.8, 4) is 0 Å². The van der Waals surface area contributed by atoms with Gasteiger partial charge in [0.05, 0.1) is 11.1 Å². The minimum atomic E-state index is -0.900. The lowest BCUT2D eigenvalue weighted by Gasteiger charge is -2.07. The lowest BCUT2D eigenvalue weighted by atomic mass is 10.1. The van der Waals surface area contributed by atoms with Crippen molar-refractivity contribution < 1.29 is 15.0 Å². The maximum absolute atomic E-state index is 11.0. The SMILES string of the molecule is Cc1cn(CCCO)c2c(C)cc(C(=O)O)cc12. The second-order valence-corrected chi connectivity index (χ2v) is 4.58. The van der Waals surface area contributed by atoms with E-state index < -0.39 is 5.97 Å². The molecule has 2 N–H and O–H groups in total. The summed E-state index contributed by atoms with van der Waals surface area (Å²) in [7, 11) is 0. The van der Waals surface area contributed by atoms with Gasteiger partial charge in [0.25, 0.3) is 0 Å². The molecule has 0 unspecified atom stereocenters. The number of aromatic carboxylic acids is 1. The van der Waals surface area contributed by atoms with Crippen molar-refractivity contribution in [3.63, 3.8) is 0 Å². The molecule has 0 fully saturated rings. The van der Waals surface area contributed by atoms with Crippen molar-refractivity contribution in [2.75, 3.05) is 6.61 Å². The summed E-state index contributed by atoms with van der Waals surface area (Å²) in [6.07, 6.45) is 2.71. The number of fused-ring (bicyclic) bond motifs is 1. The van der Waals surface area contributed by atoms with Crippen LogP contribution in [-0.2, 0) is 6.54 Å². The topological polar surface area (TPSA) is 62.5 Å². The van der Waals surface area contributed by atoms with Crippen molar-refractivity contribution in [2.45, 2.75) is 26.8 Å². The Balaban J connectivity index is 2.61. The van der Waals surface area contributed by atoms with Gasteiger partial charge in [-0.1, -0.05) is 0 Å². The molecule has 0 radical (unpaired) electrons. The van der Waals surface area contributed by atoms with Crippen LogP contribution in [0.15, 0.2) is 18.3 Å². The summed E-state index contributed by atoms with van der Waals surface area (Å²) in [5.74, 6) is -0.900. The smallest absolute Gasteiger partial charge is 0.335 e. The Morgan fingerprint density at radius 2 is 2.00 bits per heavy atom. The fourth-order valence-corrected chi connectivity index (χ4v) is 2.37. The van der Waals surface area contributed by atoms with Crippen LogP contribution in [-0.4, -0.2) is 27.4 Å². The summed E-state index contributed by atoms with van der Waals surface area (Å²) in [6.45, 7) is 4.80. The molecule has 1 heterocycles. The van der Waals surface area contributed by atoms with Gasteiger partial charge in [-0.3, -0.25) is 0 Å². The first-order valence-corrected chi connectivity index (χ1v) is 5.99. The van der Waals surface area contributed by atoms with E-state index in [1.165, 1.54) is 0 Å². The van der Waals surface area contributed by atoms with Gasteiger partial charge in [0.2, 0.25) is 0 Å². The van der Waals surface area contributed by atoms with Crippen LogP contribution in [0.5, 0.6) is 0 Å². The van der Waals surface area contributed by atoms with Gasteiger partial charge in [-0.2, -0.15) is 0 Å². The molecule has 1 aromatic carbocycles. The number of carboxylic acids is 1. The maximum atomic E-state index is 11.0. The number of aromatic nitrogens is 1. The molecule has 4 heteroatoms.